The van der Waals surface area contributed by atoms with E-state index in [-0.39, 0.29) is 23.3 Å². The van der Waals surface area contributed by atoms with E-state index in [2.05, 4.69) is 5.32 Å². The Kier molecular flexibility index (Phi) is 5.74. The first-order valence-corrected chi connectivity index (χ1v) is 11.7. The van der Waals surface area contributed by atoms with Crippen LogP contribution >= 0.6 is 22.9 Å². The molecule has 8 heteroatoms. The largest absolute Gasteiger partial charge is 0.351 e. The molecule has 1 aliphatic heterocycles. The van der Waals surface area contributed by atoms with Crippen LogP contribution < -0.4 is 15.8 Å². The van der Waals surface area contributed by atoms with Gasteiger partial charge in [-0.25, -0.2) is 0 Å². The molecule has 166 valence electrons. The predicted molar refractivity (Wildman–Crippen MR) is 132 cm³/mol. The van der Waals surface area contributed by atoms with Crippen molar-refractivity contribution in [3.8, 4) is 5.69 Å². The number of benzene rings is 2. The van der Waals surface area contributed by atoms with E-state index in [0.717, 1.165) is 21.5 Å². The zero-order valence-corrected chi connectivity index (χ0v) is 19.1. The number of carbonyl (C=O) groups excluding carboxylic acids is 2. The fraction of sp³-hybridized carbons (Fsp3) is 0.160. The Morgan fingerprint density at radius 3 is 2.61 bits per heavy atom. The van der Waals surface area contributed by atoms with Gasteiger partial charge in [-0.1, -0.05) is 17.7 Å². The van der Waals surface area contributed by atoms with Gasteiger partial charge in [-0.3, -0.25) is 19.0 Å². The van der Waals surface area contributed by atoms with Crippen LogP contribution in [0.4, 0.5) is 5.69 Å². The molecule has 2 aromatic carbocycles. The van der Waals surface area contributed by atoms with E-state index in [9.17, 15) is 14.4 Å². The Bertz CT molecular complexity index is 1410. The van der Waals surface area contributed by atoms with E-state index in [0.29, 0.717) is 29.4 Å². The van der Waals surface area contributed by atoms with Gasteiger partial charge < -0.3 is 10.2 Å². The summed E-state index contributed by atoms with van der Waals surface area (Å²) in [6.45, 7) is 0.958. The monoisotopic (exact) mass is 477 g/mol. The third-order valence-electron chi connectivity index (χ3n) is 5.72. The van der Waals surface area contributed by atoms with Crippen LogP contribution in [0.5, 0.6) is 0 Å². The van der Waals surface area contributed by atoms with E-state index in [1.165, 1.54) is 17.4 Å². The first-order chi connectivity index (χ1) is 16.0. The van der Waals surface area contributed by atoms with E-state index in [4.69, 9.17) is 11.6 Å². The standard InChI is InChI=1S/C25H20ClN3O3S/c26-18-4-9-21-17(12-18)13-22(33-21)25(32)27-14-16-11-24(31)29(15-16)20-7-5-19(6-8-20)28-10-2-1-3-23(28)30/h1-10,12-13,16H,11,14-15H2,(H,27,32). The van der Waals surface area contributed by atoms with Crippen LogP contribution in [0.1, 0.15) is 16.1 Å². The van der Waals surface area contributed by atoms with E-state index >= 15 is 0 Å². The normalized spacial score (nSPS) is 15.8. The molecule has 1 unspecified atom stereocenters. The molecule has 0 radical (unpaired) electrons. The van der Waals surface area contributed by atoms with Crippen LogP contribution in [0.25, 0.3) is 15.8 Å². The quantitative estimate of drug-likeness (QED) is 0.460. The summed E-state index contributed by atoms with van der Waals surface area (Å²) in [6, 6.07) is 19.7. The molecule has 1 atom stereocenters. The van der Waals surface area contributed by atoms with Crippen molar-refractivity contribution in [2.24, 2.45) is 5.92 Å². The maximum absolute atomic E-state index is 12.6. The zero-order chi connectivity index (χ0) is 22.9. The second-order valence-electron chi connectivity index (χ2n) is 8.00. The van der Waals surface area contributed by atoms with Crippen LogP contribution in [0, 0.1) is 5.92 Å². The Balaban J connectivity index is 1.22. The van der Waals surface area contributed by atoms with Crippen molar-refractivity contribution in [2.45, 2.75) is 6.42 Å². The molecule has 33 heavy (non-hydrogen) atoms. The highest BCUT2D eigenvalue weighted by Crippen LogP contribution is 2.29. The maximum atomic E-state index is 12.6. The minimum absolute atomic E-state index is 0.0235. The van der Waals surface area contributed by atoms with Gasteiger partial charge in [0.05, 0.1) is 4.88 Å². The fourth-order valence-corrected chi connectivity index (χ4v) is 5.19. The molecule has 5 rings (SSSR count). The van der Waals surface area contributed by atoms with Crippen LogP contribution in [-0.4, -0.2) is 29.5 Å². The van der Waals surface area contributed by atoms with Gasteiger partial charge >= 0.3 is 0 Å². The third kappa shape index (κ3) is 4.42. The lowest BCUT2D eigenvalue weighted by Gasteiger charge is -2.17. The molecule has 2 amide bonds. The van der Waals surface area contributed by atoms with Crippen molar-refractivity contribution in [3.63, 3.8) is 0 Å². The van der Waals surface area contributed by atoms with E-state index < -0.39 is 0 Å². The van der Waals surface area contributed by atoms with Crippen molar-refractivity contribution in [1.29, 1.82) is 0 Å². The lowest BCUT2D eigenvalue weighted by atomic mass is 10.1. The number of halogens is 1. The highest BCUT2D eigenvalue weighted by molar-refractivity contribution is 7.20. The van der Waals surface area contributed by atoms with E-state index in [1.807, 2.05) is 48.5 Å². The molecule has 4 aromatic rings. The Labute approximate surface area is 199 Å². The lowest BCUT2D eigenvalue weighted by Crippen LogP contribution is -2.30. The molecular weight excluding hydrogens is 458 g/mol. The van der Waals surface area contributed by atoms with Gasteiger partial charge in [0.2, 0.25) is 5.91 Å². The summed E-state index contributed by atoms with van der Waals surface area (Å²) in [5.74, 6) is -0.0899. The molecule has 0 saturated carbocycles. The Morgan fingerprint density at radius 1 is 1.03 bits per heavy atom. The lowest BCUT2D eigenvalue weighted by molar-refractivity contribution is -0.117. The molecule has 0 aliphatic carbocycles. The van der Waals surface area contributed by atoms with Crippen molar-refractivity contribution < 1.29 is 9.59 Å². The number of hydrogen-bond acceptors (Lipinski definition) is 4. The summed E-state index contributed by atoms with van der Waals surface area (Å²) in [7, 11) is 0. The highest BCUT2D eigenvalue weighted by atomic mass is 35.5. The Hall–Kier alpha value is -3.42. The Morgan fingerprint density at radius 2 is 1.82 bits per heavy atom. The predicted octanol–water partition coefficient (Wildman–Crippen LogP) is 4.49. The van der Waals surface area contributed by atoms with Crippen LogP contribution in [-0.2, 0) is 4.79 Å². The van der Waals surface area contributed by atoms with Gasteiger partial charge in [-0.05, 0) is 60.0 Å². The number of nitrogens with one attached hydrogen (secondary N) is 1. The molecule has 2 aromatic heterocycles. The van der Waals surface area contributed by atoms with E-state index in [1.54, 1.807) is 27.8 Å². The summed E-state index contributed by atoms with van der Waals surface area (Å²) in [6.07, 6.45) is 2.09. The number of thiophene rings is 1. The van der Waals surface area contributed by atoms with Gasteiger partial charge in [0.1, 0.15) is 0 Å². The average Bonchev–Trinajstić information content (AvgIpc) is 3.41. The molecule has 3 heterocycles. The molecule has 1 saturated heterocycles. The minimum atomic E-state index is -0.143. The number of aromatic nitrogens is 1. The van der Waals surface area contributed by atoms with Gasteiger partial charge in [0.15, 0.2) is 0 Å². The number of pyridine rings is 1. The minimum Gasteiger partial charge on any atom is -0.351 e. The fourth-order valence-electron chi connectivity index (χ4n) is 4.05. The molecule has 0 bridgehead atoms. The zero-order valence-electron chi connectivity index (χ0n) is 17.5. The average molecular weight is 478 g/mol. The summed E-state index contributed by atoms with van der Waals surface area (Å²) in [5.41, 5.74) is 1.41. The topological polar surface area (TPSA) is 71.4 Å². The molecule has 0 spiro atoms. The molecule has 6 nitrogen and oxygen atoms in total. The van der Waals surface area contributed by atoms with Crippen molar-refractivity contribution in [2.75, 3.05) is 18.0 Å². The molecule has 1 N–H and O–H groups in total. The van der Waals surface area contributed by atoms with Crippen molar-refractivity contribution >= 4 is 50.5 Å². The number of anilines is 1. The van der Waals surface area contributed by atoms with Gasteiger partial charge in [-0.15, -0.1) is 11.3 Å². The maximum Gasteiger partial charge on any atom is 0.261 e. The molecular formula is C25H20ClN3O3S. The van der Waals surface area contributed by atoms with Gasteiger partial charge in [-0.2, -0.15) is 0 Å². The number of rotatable bonds is 5. The SMILES string of the molecule is O=C(NCC1CC(=O)N(c2ccc(-n3ccccc3=O)cc2)C1)c1cc2cc(Cl)ccc2s1. The summed E-state index contributed by atoms with van der Waals surface area (Å²) >= 11 is 7.45. The van der Waals surface area contributed by atoms with Gasteiger partial charge in [0, 0.05) is 58.8 Å². The van der Waals surface area contributed by atoms with Crippen molar-refractivity contribution in [3.05, 3.63) is 93.2 Å². The number of amides is 2. The molecule has 1 fully saturated rings. The number of nitrogens with zero attached hydrogens (tertiary/aromatic N) is 2. The first-order valence-electron chi connectivity index (χ1n) is 10.5. The number of hydrogen-bond donors (Lipinski definition) is 1. The second-order valence-corrected chi connectivity index (χ2v) is 9.52. The summed E-state index contributed by atoms with van der Waals surface area (Å²) < 4.78 is 2.56. The van der Waals surface area contributed by atoms with Crippen molar-refractivity contribution in [1.82, 2.24) is 9.88 Å². The highest BCUT2D eigenvalue weighted by Gasteiger charge is 2.31. The van der Waals surface area contributed by atoms with Crippen LogP contribution in [0.2, 0.25) is 5.02 Å². The van der Waals surface area contributed by atoms with Crippen LogP contribution in [0.15, 0.2) is 77.7 Å². The van der Waals surface area contributed by atoms with Gasteiger partial charge in [0.25, 0.3) is 11.5 Å². The first kappa shape index (κ1) is 21.4. The summed E-state index contributed by atoms with van der Waals surface area (Å²) in [5, 5.41) is 4.55. The molecule has 1 aliphatic rings. The third-order valence-corrected chi connectivity index (χ3v) is 7.07. The number of fused-ring (bicyclic) bond motifs is 1. The summed E-state index contributed by atoms with van der Waals surface area (Å²) in [4.78, 5) is 39.6. The number of carbonyl (C=O) groups is 2. The van der Waals surface area contributed by atoms with Crippen LogP contribution in [0.3, 0.4) is 0 Å². The smallest absolute Gasteiger partial charge is 0.261 e. The second kappa shape index (κ2) is 8.84.